The van der Waals surface area contributed by atoms with E-state index in [-0.39, 0.29) is 25.0 Å². The van der Waals surface area contributed by atoms with Crippen molar-refractivity contribution in [2.45, 2.75) is 26.2 Å². The third-order valence-electron chi connectivity index (χ3n) is 6.19. The van der Waals surface area contributed by atoms with Crippen LogP contribution in [0.2, 0.25) is 0 Å². The van der Waals surface area contributed by atoms with E-state index in [1.807, 2.05) is 61.5 Å². The summed E-state index contributed by atoms with van der Waals surface area (Å²) in [7, 11) is 0. The Bertz CT molecular complexity index is 1390. The number of carbonyl (C=O) groups is 1. The molecular weight excluding hydrogens is 441 g/mol. The van der Waals surface area contributed by atoms with E-state index < -0.39 is 0 Å². The van der Waals surface area contributed by atoms with Gasteiger partial charge in [0, 0.05) is 5.39 Å². The van der Waals surface area contributed by atoms with E-state index in [9.17, 15) is 9.18 Å². The molecule has 4 nitrogen and oxygen atoms in total. The number of fused-ring (bicyclic) bond motifs is 2. The summed E-state index contributed by atoms with van der Waals surface area (Å²) in [6.45, 7) is 2.44. The van der Waals surface area contributed by atoms with E-state index >= 15 is 0 Å². The van der Waals surface area contributed by atoms with E-state index in [0.717, 1.165) is 63.9 Å². The third kappa shape index (κ3) is 5.09. The van der Waals surface area contributed by atoms with Gasteiger partial charge in [0.05, 0.1) is 16.8 Å². The van der Waals surface area contributed by atoms with Crippen LogP contribution in [-0.4, -0.2) is 24.2 Å². The van der Waals surface area contributed by atoms with Gasteiger partial charge in [-0.1, -0.05) is 48.0 Å². The summed E-state index contributed by atoms with van der Waals surface area (Å²) >= 11 is 0. The van der Waals surface area contributed by atoms with Crippen LogP contribution in [0, 0.1) is 12.7 Å². The van der Waals surface area contributed by atoms with Gasteiger partial charge in [-0.2, -0.15) is 0 Å². The smallest absolute Gasteiger partial charge is 0.339 e. The number of hydrogen-bond acceptors (Lipinski definition) is 4. The van der Waals surface area contributed by atoms with Gasteiger partial charge in [0.1, 0.15) is 24.8 Å². The van der Waals surface area contributed by atoms with Crippen LogP contribution in [0.15, 0.2) is 72.8 Å². The number of allylic oxidation sites excluding steroid dienone is 1. The lowest BCUT2D eigenvalue weighted by molar-refractivity contribution is 0.0451. The minimum Gasteiger partial charge on any atom is -0.490 e. The topological polar surface area (TPSA) is 48.4 Å². The van der Waals surface area contributed by atoms with Gasteiger partial charge in [0.25, 0.3) is 0 Å². The maximum atomic E-state index is 13.4. The largest absolute Gasteiger partial charge is 0.490 e. The zero-order chi connectivity index (χ0) is 24.2. The molecule has 0 radical (unpaired) electrons. The molecule has 176 valence electrons. The zero-order valence-corrected chi connectivity index (χ0v) is 19.6. The quantitative estimate of drug-likeness (QED) is 0.231. The number of aromatic nitrogens is 1. The summed E-state index contributed by atoms with van der Waals surface area (Å²) in [6, 6.07) is 21.8. The highest BCUT2D eigenvalue weighted by molar-refractivity contribution is 6.06. The van der Waals surface area contributed by atoms with E-state index in [1.54, 1.807) is 12.1 Å². The average Bonchev–Trinajstić information content (AvgIpc) is 2.88. The van der Waals surface area contributed by atoms with Gasteiger partial charge in [0.15, 0.2) is 0 Å². The molecule has 1 heterocycles. The van der Waals surface area contributed by atoms with Crippen molar-refractivity contribution in [2.75, 3.05) is 13.2 Å². The molecule has 0 N–H and O–H groups in total. The Morgan fingerprint density at radius 2 is 1.74 bits per heavy atom. The van der Waals surface area contributed by atoms with Gasteiger partial charge in [0.2, 0.25) is 0 Å². The third-order valence-corrected chi connectivity index (χ3v) is 6.19. The molecule has 0 saturated carbocycles. The molecule has 3 aromatic carbocycles. The molecule has 1 aromatic heterocycles. The highest BCUT2D eigenvalue weighted by Gasteiger charge is 2.26. The van der Waals surface area contributed by atoms with Crippen LogP contribution in [0.4, 0.5) is 4.39 Å². The lowest BCUT2D eigenvalue weighted by Crippen LogP contribution is -2.17. The van der Waals surface area contributed by atoms with Crippen molar-refractivity contribution in [1.82, 2.24) is 4.98 Å². The van der Waals surface area contributed by atoms with Crippen molar-refractivity contribution in [3.05, 3.63) is 107 Å². The highest BCUT2D eigenvalue weighted by Crippen LogP contribution is 2.36. The van der Waals surface area contributed by atoms with Gasteiger partial charge < -0.3 is 9.47 Å². The Hall–Kier alpha value is -3.99. The van der Waals surface area contributed by atoms with Crippen molar-refractivity contribution in [2.24, 2.45) is 0 Å². The molecule has 35 heavy (non-hydrogen) atoms. The average molecular weight is 468 g/mol. The van der Waals surface area contributed by atoms with Crippen LogP contribution in [0.25, 0.3) is 22.6 Å². The van der Waals surface area contributed by atoms with E-state index in [2.05, 4.69) is 0 Å². The number of carbonyl (C=O) groups excluding carboxylic acids is 1. The number of rotatable bonds is 6. The second-order valence-electron chi connectivity index (χ2n) is 8.70. The Balaban J connectivity index is 1.43. The second kappa shape index (κ2) is 10.1. The van der Waals surface area contributed by atoms with Crippen molar-refractivity contribution >= 4 is 28.5 Å². The zero-order valence-electron chi connectivity index (χ0n) is 19.6. The van der Waals surface area contributed by atoms with Crippen LogP contribution < -0.4 is 4.74 Å². The molecule has 0 fully saturated rings. The normalized spacial score (nSPS) is 14.1. The van der Waals surface area contributed by atoms with Crippen molar-refractivity contribution in [3.8, 4) is 5.75 Å². The Labute approximate surface area is 204 Å². The Morgan fingerprint density at radius 1 is 0.971 bits per heavy atom. The molecular formula is C30H26FNO3. The highest BCUT2D eigenvalue weighted by atomic mass is 19.1. The van der Waals surface area contributed by atoms with E-state index in [0.29, 0.717) is 5.56 Å². The molecule has 4 aromatic rings. The van der Waals surface area contributed by atoms with Crippen LogP contribution in [0.5, 0.6) is 5.75 Å². The molecule has 0 aliphatic heterocycles. The predicted molar refractivity (Wildman–Crippen MR) is 136 cm³/mol. The van der Waals surface area contributed by atoms with E-state index in [4.69, 9.17) is 14.5 Å². The standard InChI is InChI=1S/C30H26FNO3/c1-20-9-15-24(16-10-20)34-17-18-35-30(33)28-25-6-2-3-8-27(25)32-29-22(5-4-7-26(28)29)19-21-11-13-23(31)14-12-21/h2-3,6,8-16,19H,4-5,7,17-18H2,1H3. The molecule has 5 heteroatoms. The molecule has 1 aliphatic rings. The molecule has 0 spiro atoms. The number of benzene rings is 3. The summed E-state index contributed by atoms with van der Waals surface area (Å²) in [5, 5.41) is 0.790. The fraction of sp³-hybridized carbons (Fsp3) is 0.200. The van der Waals surface area contributed by atoms with Crippen LogP contribution in [0.3, 0.4) is 0 Å². The summed E-state index contributed by atoms with van der Waals surface area (Å²) in [6.07, 6.45) is 4.52. The monoisotopic (exact) mass is 467 g/mol. The lowest BCUT2D eigenvalue weighted by atomic mass is 9.86. The lowest BCUT2D eigenvalue weighted by Gasteiger charge is -2.22. The van der Waals surface area contributed by atoms with Gasteiger partial charge in [-0.25, -0.2) is 14.2 Å². The van der Waals surface area contributed by atoms with Gasteiger partial charge in [-0.15, -0.1) is 0 Å². The maximum Gasteiger partial charge on any atom is 0.339 e. The number of hydrogen-bond donors (Lipinski definition) is 0. The van der Waals surface area contributed by atoms with Gasteiger partial charge in [-0.3, -0.25) is 0 Å². The number of halogens is 1. The molecule has 0 unspecified atom stereocenters. The molecule has 0 amide bonds. The molecule has 0 atom stereocenters. The summed E-state index contributed by atoms with van der Waals surface area (Å²) in [5.74, 6) is 0.112. The van der Waals surface area contributed by atoms with Gasteiger partial charge >= 0.3 is 5.97 Å². The number of nitrogens with zero attached hydrogens (tertiary/aromatic N) is 1. The molecule has 1 aliphatic carbocycles. The Morgan fingerprint density at radius 3 is 2.54 bits per heavy atom. The Kier molecular flexibility index (Phi) is 6.57. The number of esters is 1. The first-order valence-electron chi connectivity index (χ1n) is 11.8. The first kappa shape index (κ1) is 22.8. The summed E-state index contributed by atoms with van der Waals surface area (Å²) < 4.78 is 24.7. The maximum absolute atomic E-state index is 13.4. The number of ether oxygens (including phenoxy) is 2. The number of pyridine rings is 1. The van der Waals surface area contributed by atoms with Crippen LogP contribution in [0.1, 0.15) is 45.6 Å². The number of aryl methyl sites for hydroxylation is 1. The van der Waals surface area contributed by atoms with Crippen molar-refractivity contribution in [1.29, 1.82) is 0 Å². The van der Waals surface area contributed by atoms with E-state index in [1.165, 1.54) is 12.1 Å². The molecule has 5 rings (SSSR count). The van der Waals surface area contributed by atoms with Crippen LogP contribution in [-0.2, 0) is 11.2 Å². The first-order valence-corrected chi connectivity index (χ1v) is 11.8. The minimum absolute atomic E-state index is 0.149. The molecule has 0 saturated heterocycles. The molecule has 0 bridgehead atoms. The summed E-state index contributed by atoms with van der Waals surface area (Å²) in [5.41, 5.74) is 6.16. The SMILES string of the molecule is Cc1ccc(OCCOC(=O)c2c3c(nc4ccccc24)C(=Cc2ccc(F)cc2)CCC3)cc1. The predicted octanol–water partition coefficient (Wildman–Crippen LogP) is 6.80. The summed E-state index contributed by atoms with van der Waals surface area (Å²) in [4.78, 5) is 18.2. The minimum atomic E-state index is -0.365. The fourth-order valence-corrected chi connectivity index (χ4v) is 4.47. The fourth-order valence-electron chi connectivity index (χ4n) is 4.47. The van der Waals surface area contributed by atoms with Crippen molar-refractivity contribution < 1.29 is 18.7 Å². The number of para-hydroxylation sites is 1. The van der Waals surface area contributed by atoms with Gasteiger partial charge in [-0.05, 0) is 79.3 Å². The second-order valence-corrected chi connectivity index (χ2v) is 8.70. The first-order chi connectivity index (χ1) is 17.1. The van der Waals surface area contributed by atoms with Crippen molar-refractivity contribution in [3.63, 3.8) is 0 Å². The van der Waals surface area contributed by atoms with Crippen LogP contribution >= 0.6 is 0 Å².